The number of ether oxygens (including phenoxy) is 1. The molecule has 0 aromatic heterocycles. The summed E-state index contributed by atoms with van der Waals surface area (Å²) in [6.45, 7) is 9.75. The molecule has 1 N–H and O–H groups in total. The molecule has 23 heavy (non-hydrogen) atoms. The van der Waals surface area contributed by atoms with E-state index in [9.17, 15) is 4.79 Å². The predicted molar refractivity (Wildman–Crippen MR) is 95.8 cm³/mol. The fourth-order valence-corrected chi connectivity index (χ4v) is 1.95. The molecule has 0 spiro atoms. The normalized spacial score (nSPS) is 12.9. The number of hydrogen-bond acceptors (Lipinski definition) is 3. The summed E-state index contributed by atoms with van der Waals surface area (Å²) in [5, 5.41) is 2.73. The highest BCUT2D eigenvalue weighted by Gasteiger charge is 2.13. The molecule has 4 heteroatoms. The van der Waals surface area contributed by atoms with Crippen LogP contribution in [0.1, 0.15) is 39.2 Å². The van der Waals surface area contributed by atoms with Crippen LogP contribution in [-0.2, 0) is 6.42 Å². The Hall–Kier alpha value is -2.36. The van der Waals surface area contributed by atoms with E-state index >= 15 is 0 Å². The maximum absolute atomic E-state index is 12.1. The Bertz CT molecular complexity index is 576. The lowest BCUT2D eigenvalue weighted by Crippen LogP contribution is -2.36. The number of carbonyl (C=O) groups excluding carboxylic acids is 1. The Kier molecular flexibility index (Phi) is 8.43. The van der Waals surface area contributed by atoms with E-state index in [1.807, 2.05) is 32.0 Å². The average Bonchev–Trinajstić information content (AvgIpc) is 2.54. The monoisotopic (exact) mass is 314 g/mol. The minimum absolute atomic E-state index is 0.128. The topological polar surface area (TPSA) is 50.7 Å². The van der Waals surface area contributed by atoms with Crippen LogP contribution in [0.3, 0.4) is 0 Å². The van der Waals surface area contributed by atoms with Crippen LogP contribution in [0.2, 0.25) is 0 Å². The van der Waals surface area contributed by atoms with Crippen LogP contribution in [0.15, 0.2) is 54.2 Å². The molecular formula is C19H26N2O2. The minimum atomic E-state index is -0.523. The molecule has 0 radical (unpaired) electrons. The van der Waals surface area contributed by atoms with Gasteiger partial charge < -0.3 is 4.74 Å². The highest BCUT2D eigenvalue weighted by molar-refractivity contribution is 5.97. The van der Waals surface area contributed by atoms with Gasteiger partial charge in [0.15, 0.2) is 0 Å². The summed E-state index contributed by atoms with van der Waals surface area (Å²) in [5.41, 5.74) is 1.16. The van der Waals surface area contributed by atoms with Crippen molar-refractivity contribution in [3.05, 3.63) is 54.8 Å². The first kappa shape index (κ1) is 18.7. The highest BCUT2D eigenvalue weighted by atomic mass is 16.6. The van der Waals surface area contributed by atoms with Crippen molar-refractivity contribution >= 4 is 11.9 Å². The predicted octanol–water partition coefficient (Wildman–Crippen LogP) is 4.87. The van der Waals surface area contributed by atoms with Gasteiger partial charge >= 0.3 is 6.09 Å². The number of amidine groups is 1. The molecule has 0 saturated heterocycles. The molecule has 1 amide bonds. The van der Waals surface area contributed by atoms with E-state index < -0.39 is 6.09 Å². The molecule has 1 rings (SSSR count). The van der Waals surface area contributed by atoms with Gasteiger partial charge in [0, 0.05) is 12.1 Å². The number of nitrogens with one attached hydrogen (secondary N) is 1. The first-order valence-corrected chi connectivity index (χ1v) is 8.03. The first-order chi connectivity index (χ1) is 11.1. The minimum Gasteiger partial charge on any atom is -0.410 e. The van der Waals surface area contributed by atoms with Crippen molar-refractivity contribution < 1.29 is 9.53 Å². The third kappa shape index (κ3) is 6.96. The van der Waals surface area contributed by atoms with Gasteiger partial charge in [-0.3, -0.25) is 5.32 Å². The number of nitrogens with zero attached hydrogens (tertiary/aromatic N) is 1. The number of hydrogen-bond donors (Lipinski definition) is 1. The maximum atomic E-state index is 12.1. The van der Waals surface area contributed by atoms with Gasteiger partial charge in [0.25, 0.3) is 0 Å². The van der Waals surface area contributed by atoms with Crippen LogP contribution in [0.25, 0.3) is 0 Å². The summed E-state index contributed by atoms with van der Waals surface area (Å²) >= 11 is 0. The summed E-state index contributed by atoms with van der Waals surface area (Å²) in [5.74, 6) is 1.25. The molecule has 0 aliphatic heterocycles. The quantitative estimate of drug-likeness (QED) is 0.443. The molecule has 0 aliphatic rings. The fraction of sp³-hybridized carbons (Fsp3) is 0.368. The van der Waals surface area contributed by atoms with Gasteiger partial charge in [-0.25, -0.2) is 9.79 Å². The van der Waals surface area contributed by atoms with E-state index in [-0.39, 0.29) is 5.92 Å². The lowest BCUT2D eigenvalue weighted by atomic mass is 10.1. The van der Waals surface area contributed by atoms with Crippen molar-refractivity contribution in [3.8, 4) is 5.75 Å². The second-order valence-corrected chi connectivity index (χ2v) is 5.31. The highest BCUT2D eigenvalue weighted by Crippen LogP contribution is 2.15. The maximum Gasteiger partial charge on any atom is 0.418 e. The van der Waals surface area contributed by atoms with E-state index in [0.717, 1.165) is 24.8 Å². The van der Waals surface area contributed by atoms with Crippen molar-refractivity contribution in [2.45, 2.75) is 40.0 Å². The van der Waals surface area contributed by atoms with Crippen LogP contribution < -0.4 is 10.1 Å². The molecule has 0 aliphatic carbocycles. The second kappa shape index (κ2) is 10.4. The standard InChI is InChI=1S/C19H26N2O2/c1-5-8-13-20-18(15(4)7-3)21-19(22)23-17-12-9-11-16(14-17)10-6-2/h5,8-9,11-15H,1,6-7,10H2,2-4H3,(H,20,21,22)/b13-8+. The van der Waals surface area contributed by atoms with Crippen molar-refractivity contribution in [1.82, 2.24) is 5.32 Å². The third-order valence-corrected chi connectivity index (χ3v) is 3.39. The number of aryl methyl sites for hydroxylation is 1. The van der Waals surface area contributed by atoms with Crippen molar-refractivity contribution in [1.29, 1.82) is 0 Å². The van der Waals surface area contributed by atoms with Crippen LogP contribution in [0.5, 0.6) is 5.75 Å². The van der Waals surface area contributed by atoms with E-state index in [4.69, 9.17) is 4.74 Å². The molecule has 1 unspecified atom stereocenters. The molecule has 4 nitrogen and oxygen atoms in total. The molecule has 0 bridgehead atoms. The Labute approximate surface area is 139 Å². The van der Waals surface area contributed by atoms with Gasteiger partial charge in [0.1, 0.15) is 11.6 Å². The number of carbonyl (C=O) groups is 1. The summed E-state index contributed by atoms with van der Waals surface area (Å²) in [7, 11) is 0. The van der Waals surface area contributed by atoms with Crippen molar-refractivity contribution in [2.75, 3.05) is 0 Å². The molecule has 0 saturated carbocycles. The Morgan fingerprint density at radius 3 is 2.87 bits per heavy atom. The second-order valence-electron chi connectivity index (χ2n) is 5.31. The van der Waals surface area contributed by atoms with Crippen molar-refractivity contribution in [2.24, 2.45) is 10.9 Å². The van der Waals surface area contributed by atoms with Crippen LogP contribution in [0, 0.1) is 5.92 Å². The van der Waals surface area contributed by atoms with Crippen LogP contribution in [-0.4, -0.2) is 11.9 Å². The summed E-state index contributed by atoms with van der Waals surface area (Å²) < 4.78 is 5.36. The molecule has 0 heterocycles. The zero-order valence-corrected chi connectivity index (χ0v) is 14.2. The average molecular weight is 314 g/mol. The van der Waals surface area contributed by atoms with E-state index in [0.29, 0.717) is 11.6 Å². The number of amides is 1. The van der Waals surface area contributed by atoms with Crippen molar-refractivity contribution in [3.63, 3.8) is 0 Å². The van der Waals surface area contributed by atoms with E-state index in [1.165, 1.54) is 0 Å². The van der Waals surface area contributed by atoms with Gasteiger partial charge in [0.2, 0.25) is 0 Å². The van der Waals surface area contributed by atoms with E-state index in [1.54, 1.807) is 24.4 Å². The first-order valence-electron chi connectivity index (χ1n) is 8.03. The molecule has 124 valence electrons. The molecule has 1 aromatic carbocycles. The Balaban J connectivity index is 2.75. The third-order valence-electron chi connectivity index (χ3n) is 3.39. The number of rotatable bonds is 7. The number of aliphatic imine (C=N–C) groups is 1. The molecule has 0 fully saturated rings. The lowest BCUT2D eigenvalue weighted by Gasteiger charge is -2.14. The van der Waals surface area contributed by atoms with Gasteiger partial charge in [-0.15, -0.1) is 0 Å². The van der Waals surface area contributed by atoms with Gasteiger partial charge in [-0.1, -0.05) is 52.0 Å². The van der Waals surface area contributed by atoms with Gasteiger partial charge in [0.05, 0.1) is 0 Å². The number of benzene rings is 1. The smallest absolute Gasteiger partial charge is 0.410 e. The van der Waals surface area contributed by atoms with Crippen LogP contribution >= 0.6 is 0 Å². The fourth-order valence-electron chi connectivity index (χ4n) is 1.95. The Morgan fingerprint density at radius 2 is 2.22 bits per heavy atom. The molecular weight excluding hydrogens is 288 g/mol. The van der Waals surface area contributed by atoms with E-state index in [2.05, 4.69) is 23.8 Å². The summed E-state index contributed by atoms with van der Waals surface area (Å²) in [6.07, 6.45) is 7.31. The molecule has 1 aromatic rings. The Morgan fingerprint density at radius 1 is 1.43 bits per heavy atom. The summed E-state index contributed by atoms with van der Waals surface area (Å²) in [6, 6.07) is 7.58. The van der Waals surface area contributed by atoms with Gasteiger partial charge in [-0.05, 0) is 36.6 Å². The largest absolute Gasteiger partial charge is 0.418 e. The zero-order valence-electron chi connectivity index (χ0n) is 14.2. The zero-order chi connectivity index (χ0) is 17.1. The van der Waals surface area contributed by atoms with Crippen LogP contribution in [0.4, 0.5) is 4.79 Å². The summed E-state index contributed by atoms with van der Waals surface area (Å²) in [4.78, 5) is 16.4. The lowest BCUT2D eigenvalue weighted by molar-refractivity contribution is 0.205. The van der Waals surface area contributed by atoms with Gasteiger partial charge in [-0.2, -0.15) is 0 Å². The molecule has 1 atom stereocenters. The number of allylic oxidation sites excluding steroid dienone is 2. The SMILES string of the molecule is C=C/C=C/N=C(NC(=O)Oc1cccc(CCC)c1)C(C)CC.